The molecule has 0 fully saturated rings. The van der Waals surface area contributed by atoms with E-state index in [0.717, 1.165) is 11.3 Å². The van der Waals surface area contributed by atoms with Crippen LogP contribution in [0.2, 0.25) is 0 Å². The molecule has 9 nitrogen and oxygen atoms in total. The van der Waals surface area contributed by atoms with Gasteiger partial charge in [0.15, 0.2) is 28.2 Å². The molecule has 1 atom stereocenters. The van der Waals surface area contributed by atoms with E-state index in [4.69, 9.17) is 4.74 Å². The van der Waals surface area contributed by atoms with Crippen molar-refractivity contribution in [2.75, 3.05) is 12.0 Å². The van der Waals surface area contributed by atoms with Crippen LogP contribution in [0.5, 0.6) is 11.5 Å². The molecule has 3 aromatic rings. The predicted octanol–water partition coefficient (Wildman–Crippen LogP) is 4.22. The Morgan fingerprint density at radius 3 is 2.29 bits per heavy atom. The van der Waals surface area contributed by atoms with Crippen molar-refractivity contribution in [3.63, 3.8) is 0 Å². The summed E-state index contributed by atoms with van der Waals surface area (Å²) in [6.45, 7) is 6.50. The Morgan fingerprint density at radius 1 is 1.06 bits per heavy atom. The Balaban J connectivity index is 1.93. The molecule has 11 heteroatoms. The first-order valence-electron chi connectivity index (χ1n) is 10.2. The zero-order valence-corrected chi connectivity index (χ0v) is 20.6. The highest BCUT2D eigenvalue weighted by atomic mass is 32.1. The van der Waals surface area contributed by atoms with Crippen LogP contribution >= 0.6 is 22.7 Å². The number of aliphatic hydroxyl groups is 1. The van der Waals surface area contributed by atoms with Crippen LogP contribution in [0.4, 0.5) is 5.13 Å². The van der Waals surface area contributed by atoms with Crippen molar-refractivity contribution < 1.29 is 29.3 Å². The van der Waals surface area contributed by atoms with Gasteiger partial charge in [-0.1, -0.05) is 17.4 Å². The Labute approximate surface area is 203 Å². The van der Waals surface area contributed by atoms with Crippen LogP contribution in [0, 0.1) is 20.8 Å². The predicted molar refractivity (Wildman–Crippen MR) is 127 cm³/mol. The highest BCUT2D eigenvalue weighted by Crippen LogP contribution is 2.45. The van der Waals surface area contributed by atoms with Gasteiger partial charge < -0.3 is 14.9 Å². The molecule has 1 aliphatic rings. The lowest BCUT2D eigenvalue weighted by molar-refractivity contribution is -0.117. The second-order valence-corrected chi connectivity index (χ2v) is 9.90. The van der Waals surface area contributed by atoms with Crippen molar-refractivity contribution in [1.82, 2.24) is 9.97 Å². The van der Waals surface area contributed by atoms with E-state index in [-0.39, 0.29) is 28.0 Å². The van der Waals surface area contributed by atoms with E-state index in [1.165, 1.54) is 48.5 Å². The Morgan fingerprint density at radius 2 is 1.74 bits per heavy atom. The summed E-state index contributed by atoms with van der Waals surface area (Å²) in [7, 11) is 1.38. The van der Waals surface area contributed by atoms with Gasteiger partial charge in [-0.05, 0) is 38.5 Å². The zero-order chi connectivity index (χ0) is 24.9. The average Bonchev–Trinajstić information content (AvgIpc) is 3.41. The minimum Gasteiger partial charge on any atom is -0.504 e. The Hall–Kier alpha value is -3.57. The maximum atomic E-state index is 13.6. The van der Waals surface area contributed by atoms with Gasteiger partial charge in [-0.25, -0.2) is 9.97 Å². The summed E-state index contributed by atoms with van der Waals surface area (Å²) in [5.41, 5.74) is 1.20. The number of benzene rings is 1. The fraction of sp³-hybridized carbons (Fsp3) is 0.261. The number of rotatable bonds is 6. The van der Waals surface area contributed by atoms with Crippen LogP contribution in [0.1, 0.15) is 54.3 Å². The van der Waals surface area contributed by atoms with Crippen LogP contribution < -0.4 is 9.64 Å². The molecule has 0 radical (unpaired) electrons. The van der Waals surface area contributed by atoms with Crippen molar-refractivity contribution in [1.29, 1.82) is 0 Å². The van der Waals surface area contributed by atoms with Gasteiger partial charge in [0.05, 0.1) is 44.9 Å². The van der Waals surface area contributed by atoms with Crippen LogP contribution in [0.25, 0.3) is 0 Å². The molecule has 0 aliphatic carbocycles. The zero-order valence-electron chi connectivity index (χ0n) is 19.0. The number of anilines is 1. The number of ether oxygens (including phenoxy) is 1. The van der Waals surface area contributed by atoms with E-state index >= 15 is 0 Å². The molecule has 2 aromatic heterocycles. The van der Waals surface area contributed by atoms with Crippen molar-refractivity contribution in [2.45, 2.75) is 33.7 Å². The molecule has 0 spiro atoms. The molecule has 1 amide bonds. The third-order valence-corrected chi connectivity index (χ3v) is 7.72. The summed E-state index contributed by atoms with van der Waals surface area (Å²) >= 11 is 2.17. The Kier molecular flexibility index (Phi) is 6.00. The normalized spacial score (nSPS) is 15.9. The third kappa shape index (κ3) is 3.76. The number of Topliss-reactive ketones (excluding diaryl/α,β-unsaturated/α-hetero) is 2. The molecule has 3 heterocycles. The molecular formula is C23H21N3O6S2. The van der Waals surface area contributed by atoms with Crippen molar-refractivity contribution in [2.24, 2.45) is 0 Å². The lowest BCUT2D eigenvalue weighted by atomic mass is 9.95. The number of phenolic OH excluding ortho intramolecular Hbond substituents is 1. The second kappa shape index (κ2) is 8.65. The molecule has 1 aliphatic heterocycles. The first-order valence-corrected chi connectivity index (χ1v) is 11.8. The SMILES string of the molecule is COc1cc(C2C(C(=O)c3sc(C)nc3C)=C(O)C(=O)N2c2nc(C)c(C(C)=O)s2)ccc1O. The number of carbonyl (C=O) groups excluding carboxylic acids is 3. The highest BCUT2D eigenvalue weighted by molar-refractivity contribution is 7.17. The number of hydrogen-bond acceptors (Lipinski definition) is 10. The molecule has 176 valence electrons. The summed E-state index contributed by atoms with van der Waals surface area (Å²) in [5, 5.41) is 21.8. The molecule has 1 aromatic carbocycles. The number of aliphatic hydroxyl groups excluding tert-OH is 1. The number of carbonyl (C=O) groups is 3. The standard InChI is InChI=1S/C23H21N3O6S2/c1-9-20(11(3)27)34-23(25-9)26-17(13-6-7-14(28)15(8-13)32-5)16(19(30)22(26)31)18(29)21-10(2)24-12(4)33-21/h6-8,17,28,30H,1-5H3. The Bertz CT molecular complexity index is 1390. The molecule has 1 unspecified atom stereocenters. The molecule has 0 saturated carbocycles. The molecule has 0 saturated heterocycles. The van der Waals surface area contributed by atoms with Gasteiger partial charge in [-0.3, -0.25) is 19.3 Å². The third-order valence-electron chi connectivity index (χ3n) is 5.39. The number of methoxy groups -OCH3 is 1. The fourth-order valence-corrected chi connectivity index (χ4v) is 5.75. The summed E-state index contributed by atoms with van der Waals surface area (Å²) in [6.07, 6.45) is 0. The largest absolute Gasteiger partial charge is 0.504 e. The van der Waals surface area contributed by atoms with E-state index in [9.17, 15) is 24.6 Å². The average molecular weight is 500 g/mol. The molecule has 2 N–H and O–H groups in total. The van der Waals surface area contributed by atoms with Gasteiger partial charge in [0.25, 0.3) is 5.91 Å². The number of amides is 1. The topological polar surface area (TPSA) is 130 Å². The second-order valence-electron chi connectivity index (χ2n) is 7.71. The lowest BCUT2D eigenvalue weighted by Crippen LogP contribution is -2.31. The molecule has 34 heavy (non-hydrogen) atoms. The lowest BCUT2D eigenvalue weighted by Gasteiger charge is -2.25. The van der Waals surface area contributed by atoms with E-state index < -0.39 is 23.5 Å². The molecular weight excluding hydrogens is 478 g/mol. The van der Waals surface area contributed by atoms with Crippen molar-refractivity contribution >= 4 is 45.3 Å². The van der Waals surface area contributed by atoms with Gasteiger partial charge in [-0.15, -0.1) is 11.3 Å². The van der Waals surface area contributed by atoms with Gasteiger partial charge in [0, 0.05) is 6.92 Å². The number of aromatic nitrogens is 2. The van der Waals surface area contributed by atoms with Gasteiger partial charge in [0.1, 0.15) is 0 Å². The van der Waals surface area contributed by atoms with Crippen LogP contribution in [0.15, 0.2) is 29.5 Å². The number of aromatic hydroxyl groups is 1. The number of hydrogen-bond donors (Lipinski definition) is 2. The number of nitrogens with zero attached hydrogens (tertiary/aromatic N) is 3. The number of phenols is 1. The number of aryl methyl sites for hydroxylation is 3. The monoisotopic (exact) mass is 499 g/mol. The van der Waals surface area contributed by atoms with Gasteiger partial charge in [-0.2, -0.15) is 0 Å². The summed E-state index contributed by atoms with van der Waals surface area (Å²) in [4.78, 5) is 49.5. The molecule has 4 rings (SSSR count). The summed E-state index contributed by atoms with van der Waals surface area (Å²) < 4.78 is 5.21. The summed E-state index contributed by atoms with van der Waals surface area (Å²) in [6, 6.07) is 3.33. The van der Waals surface area contributed by atoms with E-state index in [0.29, 0.717) is 31.7 Å². The molecule has 0 bridgehead atoms. The minimum absolute atomic E-state index is 0.124. The number of thiazole rings is 2. The van der Waals surface area contributed by atoms with Crippen molar-refractivity contribution in [3.8, 4) is 11.5 Å². The first kappa shape index (κ1) is 23.6. The van der Waals surface area contributed by atoms with Crippen LogP contribution in [-0.4, -0.2) is 44.8 Å². The highest BCUT2D eigenvalue weighted by Gasteiger charge is 2.47. The summed E-state index contributed by atoms with van der Waals surface area (Å²) in [5.74, 6) is -2.25. The van der Waals surface area contributed by atoms with E-state index in [2.05, 4.69) is 9.97 Å². The number of ketones is 2. The van der Waals surface area contributed by atoms with E-state index in [1.807, 2.05) is 0 Å². The van der Waals surface area contributed by atoms with Crippen LogP contribution in [0.3, 0.4) is 0 Å². The van der Waals surface area contributed by atoms with E-state index in [1.54, 1.807) is 20.8 Å². The van der Waals surface area contributed by atoms with Gasteiger partial charge in [0.2, 0.25) is 5.78 Å². The van der Waals surface area contributed by atoms with Crippen molar-refractivity contribution in [3.05, 3.63) is 61.2 Å². The van der Waals surface area contributed by atoms with Crippen LogP contribution in [-0.2, 0) is 4.79 Å². The smallest absolute Gasteiger partial charge is 0.296 e. The van der Waals surface area contributed by atoms with Gasteiger partial charge >= 0.3 is 0 Å². The quantitative estimate of drug-likeness (QED) is 0.482. The maximum Gasteiger partial charge on any atom is 0.296 e. The first-order chi connectivity index (χ1) is 16.0. The minimum atomic E-state index is -1.07. The fourth-order valence-electron chi connectivity index (χ4n) is 3.89. The maximum absolute atomic E-state index is 13.6.